The molecule has 0 amide bonds. The summed E-state index contributed by atoms with van der Waals surface area (Å²) in [5.41, 5.74) is 0.989. The molecule has 2 N–H and O–H groups in total. The summed E-state index contributed by atoms with van der Waals surface area (Å²) >= 11 is 0. The zero-order valence-electron chi connectivity index (χ0n) is 13.9. The predicted octanol–water partition coefficient (Wildman–Crippen LogP) is 2.01. The van der Waals surface area contributed by atoms with Crippen LogP contribution in [-0.4, -0.2) is 48.6 Å². The Kier molecular flexibility index (Phi) is 7.16. The van der Waals surface area contributed by atoms with E-state index in [-0.39, 0.29) is 0 Å². The van der Waals surface area contributed by atoms with Gasteiger partial charge in [-0.3, -0.25) is 4.98 Å². The molecule has 122 valence electrons. The molecular formula is C17H29N5. The number of aliphatic imine (C=N–C) groups is 1. The molecule has 0 atom stereocenters. The lowest BCUT2D eigenvalue weighted by Crippen LogP contribution is -2.42. The number of hydrogen-bond donors (Lipinski definition) is 2. The summed E-state index contributed by atoms with van der Waals surface area (Å²) in [6.45, 7) is 5.53. The van der Waals surface area contributed by atoms with E-state index in [9.17, 15) is 0 Å². The SMILES string of the molecule is CCNC(=NCc1ccccn1)NCCN(C)C1CCCC1. The van der Waals surface area contributed by atoms with E-state index in [1.165, 1.54) is 25.7 Å². The first-order valence-corrected chi connectivity index (χ1v) is 8.42. The van der Waals surface area contributed by atoms with Crippen molar-refractivity contribution in [3.63, 3.8) is 0 Å². The Morgan fingerprint density at radius 1 is 1.32 bits per heavy atom. The minimum Gasteiger partial charge on any atom is -0.357 e. The first-order valence-electron chi connectivity index (χ1n) is 8.42. The highest BCUT2D eigenvalue weighted by atomic mass is 15.2. The fraction of sp³-hybridized carbons (Fsp3) is 0.647. The van der Waals surface area contributed by atoms with Crippen LogP contribution in [0.3, 0.4) is 0 Å². The largest absolute Gasteiger partial charge is 0.357 e. The van der Waals surface area contributed by atoms with Crippen LogP contribution in [0.15, 0.2) is 29.4 Å². The van der Waals surface area contributed by atoms with E-state index in [1.54, 1.807) is 0 Å². The predicted molar refractivity (Wildman–Crippen MR) is 91.9 cm³/mol. The maximum atomic E-state index is 4.59. The third-order valence-corrected chi connectivity index (χ3v) is 4.17. The lowest BCUT2D eigenvalue weighted by molar-refractivity contribution is 0.249. The van der Waals surface area contributed by atoms with Crippen molar-refractivity contribution in [2.45, 2.75) is 45.2 Å². The molecule has 1 saturated carbocycles. The maximum absolute atomic E-state index is 4.59. The summed E-state index contributed by atoms with van der Waals surface area (Å²) in [5.74, 6) is 0.868. The zero-order chi connectivity index (χ0) is 15.6. The van der Waals surface area contributed by atoms with Crippen LogP contribution < -0.4 is 10.6 Å². The third-order valence-electron chi connectivity index (χ3n) is 4.17. The van der Waals surface area contributed by atoms with Crippen molar-refractivity contribution < 1.29 is 0 Å². The molecule has 0 aliphatic heterocycles. The quantitative estimate of drug-likeness (QED) is 0.598. The van der Waals surface area contributed by atoms with E-state index in [2.05, 4.69) is 39.5 Å². The molecule has 1 fully saturated rings. The van der Waals surface area contributed by atoms with Crippen LogP contribution in [0.1, 0.15) is 38.3 Å². The monoisotopic (exact) mass is 303 g/mol. The molecule has 0 radical (unpaired) electrons. The number of nitrogens with zero attached hydrogens (tertiary/aromatic N) is 3. The Bertz CT molecular complexity index is 440. The van der Waals surface area contributed by atoms with Crippen molar-refractivity contribution in [1.82, 2.24) is 20.5 Å². The van der Waals surface area contributed by atoms with E-state index in [1.807, 2.05) is 24.4 Å². The van der Waals surface area contributed by atoms with Gasteiger partial charge in [0.2, 0.25) is 0 Å². The number of aromatic nitrogens is 1. The molecule has 1 aromatic heterocycles. The van der Waals surface area contributed by atoms with Crippen LogP contribution in [-0.2, 0) is 6.54 Å². The molecule has 0 saturated heterocycles. The molecule has 0 bridgehead atoms. The molecular weight excluding hydrogens is 274 g/mol. The third kappa shape index (κ3) is 5.64. The molecule has 0 aromatic carbocycles. The summed E-state index contributed by atoms with van der Waals surface area (Å²) in [6.07, 6.45) is 7.28. The van der Waals surface area contributed by atoms with Gasteiger partial charge in [-0.2, -0.15) is 0 Å². The zero-order valence-corrected chi connectivity index (χ0v) is 13.9. The molecule has 5 nitrogen and oxygen atoms in total. The molecule has 1 heterocycles. The average Bonchev–Trinajstić information content (AvgIpc) is 3.08. The average molecular weight is 303 g/mol. The standard InChI is InChI=1S/C17H29N5/c1-3-18-17(21-14-15-8-6-7-11-19-15)20-12-13-22(2)16-9-4-5-10-16/h6-8,11,16H,3-5,9-10,12-14H2,1-2H3,(H2,18,20,21). The highest BCUT2D eigenvalue weighted by Crippen LogP contribution is 2.21. The van der Waals surface area contributed by atoms with Gasteiger partial charge in [0.1, 0.15) is 0 Å². The summed E-state index contributed by atoms with van der Waals surface area (Å²) in [4.78, 5) is 11.4. The molecule has 1 aliphatic carbocycles. The van der Waals surface area contributed by atoms with E-state index >= 15 is 0 Å². The van der Waals surface area contributed by atoms with Crippen molar-refractivity contribution in [1.29, 1.82) is 0 Å². The Balaban J connectivity index is 1.75. The van der Waals surface area contributed by atoms with Gasteiger partial charge in [-0.1, -0.05) is 18.9 Å². The smallest absolute Gasteiger partial charge is 0.191 e. The van der Waals surface area contributed by atoms with Crippen molar-refractivity contribution in [2.75, 3.05) is 26.7 Å². The highest BCUT2D eigenvalue weighted by Gasteiger charge is 2.18. The second-order valence-electron chi connectivity index (χ2n) is 5.86. The lowest BCUT2D eigenvalue weighted by Gasteiger charge is -2.24. The Hall–Kier alpha value is -1.62. The Morgan fingerprint density at radius 2 is 2.14 bits per heavy atom. The number of hydrogen-bond acceptors (Lipinski definition) is 3. The fourth-order valence-corrected chi connectivity index (χ4v) is 2.87. The minimum atomic E-state index is 0.606. The van der Waals surface area contributed by atoms with E-state index in [4.69, 9.17) is 0 Å². The van der Waals surface area contributed by atoms with Crippen LogP contribution in [0.5, 0.6) is 0 Å². The molecule has 0 unspecified atom stereocenters. The Labute approximate surface area is 134 Å². The van der Waals surface area contributed by atoms with E-state index in [0.29, 0.717) is 6.54 Å². The van der Waals surface area contributed by atoms with Gasteiger partial charge in [-0.25, -0.2) is 4.99 Å². The van der Waals surface area contributed by atoms with Crippen LogP contribution in [0.25, 0.3) is 0 Å². The van der Waals surface area contributed by atoms with E-state index in [0.717, 1.165) is 37.3 Å². The van der Waals surface area contributed by atoms with Gasteiger partial charge in [0.05, 0.1) is 12.2 Å². The van der Waals surface area contributed by atoms with Crippen LogP contribution in [0.2, 0.25) is 0 Å². The summed E-state index contributed by atoms with van der Waals surface area (Å²) in [6, 6.07) is 6.69. The number of likely N-dealkylation sites (N-methyl/N-ethyl adjacent to an activating group) is 1. The van der Waals surface area contributed by atoms with Gasteiger partial charge in [0.25, 0.3) is 0 Å². The number of rotatable bonds is 7. The van der Waals surface area contributed by atoms with Gasteiger partial charge in [0, 0.05) is 31.9 Å². The van der Waals surface area contributed by atoms with Crippen LogP contribution in [0, 0.1) is 0 Å². The van der Waals surface area contributed by atoms with Crippen LogP contribution >= 0.6 is 0 Å². The van der Waals surface area contributed by atoms with Crippen molar-refractivity contribution in [3.05, 3.63) is 30.1 Å². The van der Waals surface area contributed by atoms with Crippen molar-refractivity contribution >= 4 is 5.96 Å². The summed E-state index contributed by atoms with van der Waals surface area (Å²) in [7, 11) is 2.23. The minimum absolute atomic E-state index is 0.606. The first kappa shape index (κ1) is 16.7. The van der Waals surface area contributed by atoms with Crippen LogP contribution in [0.4, 0.5) is 0 Å². The molecule has 1 aliphatic rings. The summed E-state index contributed by atoms with van der Waals surface area (Å²) in [5, 5.41) is 6.70. The molecule has 5 heteroatoms. The second kappa shape index (κ2) is 9.41. The van der Waals surface area contributed by atoms with Gasteiger partial charge >= 0.3 is 0 Å². The van der Waals surface area contributed by atoms with Gasteiger partial charge < -0.3 is 15.5 Å². The lowest BCUT2D eigenvalue weighted by atomic mass is 10.2. The topological polar surface area (TPSA) is 52.6 Å². The van der Waals surface area contributed by atoms with Gasteiger partial charge in [0.15, 0.2) is 5.96 Å². The van der Waals surface area contributed by atoms with Gasteiger partial charge in [-0.05, 0) is 38.9 Å². The number of nitrogens with one attached hydrogen (secondary N) is 2. The molecule has 1 aromatic rings. The first-order chi connectivity index (χ1) is 10.8. The van der Waals surface area contributed by atoms with E-state index < -0.39 is 0 Å². The number of guanidine groups is 1. The highest BCUT2D eigenvalue weighted by molar-refractivity contribution is 5.79. The Morgan fingerprint density at radius 3 is 2.82 bits per heavy atom. The summed E-state index contributed by atoms with van der Waals surface area (Å²) < 4.78 is 0. The van der Waals surface area contributed by atoms with Gasteiger partial charge in [-0.15, -0.1) is 0 Å². The van der Waals surface area contributed by atoms with Crippen molar-refractivity contribution in [3.8, 4) is 0 Å². The second-order valence-corrected chi connectivity index (χ2v) is 5.86. The normalized spacial score (nSPS) is 16.2. The number of pyridine rings is 1. The molecule has 0 spiro atoms. The molecule has 2 rings (SSSR count). The maximum Gasteiger partial charge on any atom is 0.191 e. The molecule has 22 heavy (non-hydrogen) atoms. The fourth-order valence-electron chi connectivity index (χ4n) is 2.87. The van der Waals surface area contributed by atoms with Crippen molar-refractivity contribution in [2.24, 2.45) is 4.99 Å².